The van der Waals surface area contributed by atoms with Crippen LogP contribution in [0.25, 0.3) is 0 Å². The van der Waals surface area contributed by atoms with E-state index in [-0.39, 0.29) is 0 Å². The van der Waals surface area contributed by atoms with Crippen LogP contribution in [-0.2, 0) is 19.4 Å². The summed E-state index contributed by atoms with van der Waals surface area (Å²) in [6.07, 6.45) is 0. The minimum Gasteiger partial charge on any atom is -0.240 e. The molecule has 0 aromatic heterocycles. The van der Waals surface area contributed by atoms with Crippen LogP contribution in [0.1, 0.15) is 0 Å². The van der Waals surface area contributed by atoms with Crippen molar-refractivity contribution in [1.82, 2.24) is 0 Å². The van der Waals surface area contributed by atoms with E-state index in [4.69, 9.17) is 0 Å². The molecule has 26 heteroatoms. The molecule has 0 bridgehead atoms. The topological polar surface area (TPSA) is 52.6 Å². The second-order valence-corrected chi connectivity index (χ2v) is 9.36. The molecule has 226 valence electrons. The van der Waals surface area contributed by atoms with Crippen LogP contribution in [0.5, 0.6) is 0 Å². The van der Waals surface area contributed by atoms with Crippen molar-refractivity contribution >= 4 is 81.5 Å². The fraction of sp³-hybridized carbons (Fsp3) is 0.833. The van der Waals surface area contributed by atoms with E-state index in [0.717, 1.165) is 0 Å². The molecule has 0 aromatic rings. The zero-order valence-electron chi connectivity index (χ0n) is 15.9. The first kappa shape index (κ1) is 37.6. The second-order valence-electron chi connectivity index (χ2n) is 6.33. The molecule has 0 saturated heterocycles. The molecule has 0 aliphatic heterocycles. The van der Waals surface area contributed by atoms with E-state index in [0.29, 0.717) is 0 Å². The van der Waals surface area contributed by atoms with E-state index in [1.54, 1.807) is 0 Å². The molecule has 0 N–H and O–H groups in total. The Hall–Kier alpha value is -0.440. The third-order valence-electron chi connectivity index (χ3n) is 3.78. The zero-order valence-corrected chi connectivity index (χ0v) is 20.5. The first-order chi connectivity index (χ1) is 16.0. The van der Waals surface area contributed by atoms with Gasteiger partial charge in [-0.15, -0.1) is 0 Å². The van der Waals surface area contributed by atoms with Gasteiger partial charge in [0.2, 0.25) is 0 Å². The maximum atomic E-state index is 13.8. The highest BCUT2D eigenvalue weighted by atomic mass is 35.5. The number of hydrogen-bond donors (Lipinski definition) is 0. The quantitative estimate of drug-likeness (QED) is 0.0999. The fourth-order valence-corrected chi connectivity index (χ4v) is 2.65. The summed E-state index contributed by atoms with van der Waals surface area (Å²) in [4.78, 5) is 26.6. The van der Waals surface area contributed by atoms with Gasteiger partial charge in [-0.25, -0.2) is 36.9 Å². The van der Waals surface area contributed by atoms with E-state index < -0.39 is 66.9 Å². The van der Waals surface area contributed by atoms with Crippen molar-refractivity contribution in [1.29, 1.82) is 0 Å². The molecule has 0 heterocycles. The molecule has 0 aliphatic carbocycles. The molecular weight excluding hydrogens is 725 g/mol. The average molecular weight is 725 g/mol. The molecule has 0 saturated carbocycles. The van der Waals surface area contributed by atoms with Gasteiger partial charge in [0, 0.05) is 0 Å². The number of alkyl halides is 22. The lowest BCUT2D eigenvalue weighted by molar-refractivity contribution is -0.330. The maximum Gasteiger partial charge on any atom is 0.431 e. The molecule has 4 unspecified atom stereocenters. The Morgan fingerprint density at radius 2 is 0.579 bits per heavy atom. The van der Waals surface area contributed by atoms with E-state index >= 15 is 0 Å². The second kappa shape index (κ2) is 10.1. The summed E-state index contributed by atoms with van der Waals surface area (Å²) in [5, 5.41) is -37.9. The minimum absolute atomic E-state index is 2.29. The van der Waals surface area contributed by atoms with E-state index in [2.05, 4.69) is 79.4 Å². The number of carbonyl (C=O) groups excluding carboxylic acids is 2. The van der Waals surface area contributed by atoms with Crippen molar-refractivity contribution in [3.05, 3.63) is 0 Å². The third-order valence-corrected chi connectivity index (χ3v) is 6.68. The lowest BCUT2D eigenvalue weighted by atomic mass is 10.0. The van der Waals surface area contributed by atoms with Crippen LogP contribution in [0.2, 0.25) is 0 Å². The summed E-state index contributed by atoms with van der Waals surface area (Å²) >= 11 is 23.6. The minimum atomic E-state index is -7.38. The Balaban J connectivity index is 6.17. The van der Waals surface area contributed by atoms with Crippen molar-refractivity contribution in [3.8, 4) is 0 Å². The van der Waals surface area contributed by atoms with E-state index in [9.17, 15) is 79.8 Å². The van der Waals surface area contributed by atoms with Crippen LogP contribution in [0.3, 0.4) is 0 Å². The predicted molar refractivity (Wildman–Crippen MR) is 92.3 cm³/mol. The maximum absolute atomic E-state index is 13.8. The molecule has 0 amide bonds. The highest BCUT2D eigenvalue weighted by molar-refractivity contribution is 6.39. The number of halogens is 22. The first-order valence-corrected chi connectivity index (χ1v) is 9.91. The highest BCUT2D eigenvalue weighted by Crippen LogP contribution is 2.62. The number of carbonyl (C=O) groups is 2. The summed E-state index contributed by atoms with van der Waals surface area (Å²) in [6, 6.07) is 0. The molecular formula is C12Cl6F16O4. The Bertz CT molecular complexity index is 855. The molecule has 38 heavy (non-hydrogen) atoms. The van der Waals surface area contributed by atoms with Crippen LogP contribution in [-0.4, -0.2) is 66.9 Å². The molecule has 0 spiro atoms. The van der Waals surface area contributed by atoms with Gasteiger partial charge in [-0.2, -0.15) is 52.7 Å². The van der Waals surface area contributed by atoms with Crippen LogP contribution in [0, 0.1) is 0 Å². The molecule has 0 aromatic carbocycles. The van der Waals surface area contributed by atoms with Crippen LogP contribution < -0.4 is 0 Å². The highest BCUT2D eigenvalue weighted by Gasteiger charge is 2.87. The van der Waals surface area contributed by atoms with Gasteiger partial charge >= 0.3 is 66.9 Å². The van der Waals surface area contributed by atoms with Crippen LogP contribution in [0.4, 0.5) is 70.2 Å². The van der Waals surface area contributed by atoms with Gasteiger partial charge in [0.05, 0.1) is 0 Å². The van der Waals surface area contributed by atoms with E-state index in [1.165, 1.54) is 0 Å². The van der Waals surface area contributed by atoms with Gasteiger partial charge in [0.25, 0.3) is 0 Å². The molecule has 0 aliphatic rings. The average Bonchev–Trinajstić information content (AvgIpc) is 2.68. The number of hydrogen-bond acceptors (Lipinski definition) is 4. The van der Waals surface area contributed by atoms with Crippen LogP contribution in [0.15, 0.2) is 0 Å². The Kier molecular flexibility index (Phi) is 10.0. The zero-order chi connectivity index (χ0) is 31.6. The van der Waals surface area contributed by atoms with Crippen molar-refractivity contribution < 1.29 is 89.6 Å². The van der Waals surface area contributed by atoms with Crippen molar-refractivity contribution in [2.24, 2.45) is 0 Å². The molecule has 4 nitrogen and oxygen atoms in total. The van der Waals surface area contributed by atoms with Gasteiger partial charge in [-0.05, 0) is 23.2 Å². The Labute approximate surface area is 226 Å². The van der Waals surface area contributed by atoms with Gasteiger partial charge in [0.1, 0.15) is 0 Å². The Morgan fingerprint density at radius 3 is 0.737 bits per heavy atom. The lowest BCUT2D eigenvalue weighted by Gasteiger charge is -2.39. The monoisotopic (exact) mass is 722 g/mol. The fourth-order valence-electron chi connectivity index (χ4n) is 1.58. The predicted octanol–water partition coefficient (Wildman–Crippen LogP) is 7.81. The molecule has 0 radical (unpaired) electrons. The van der Waals surface area contributed by atoms with Crippen LogP contribution >= 0.6 is 69.6 Å². The Morgan fingerprint density at radius 1 is 0.395 bits per heavy atom. The SMILES string of the molecule is O=C(OOC(=O)C(F)(F)C(F)(F)C(F)(Cl)C(F)(Cl)C(F)(F)Cl)C(F)(F)C(F)(F)C(F)(Cl)C(F)(Cl)C(F)(F)Cl. The number of rotatable bonds is 10. The summed E-state index contributed by atoms with van der Waals surface area (Å²) in [5.74, 6) is -38.0. The standard InChI is InChI=1S/C12Cl6F16O4/c13-5(23,7(15,25)11(17,31)32)9(27,28)3(19,20)1(35)37-38-2(36)4(21,22)10(29,30)6(14,24)8(16,26)12(18,33)34. The summed E-state index contributed by atoms with van der Waals surface area (Å²) < 4.78 is 215. The molecule has 4 atom stereocenters. The molecule has 0 fully saturated rings. The van der Waals surface area contributed by atoms with Crippen molar-refractivity contribution in [2.75, 3.05) is 0 Å². The van der Waals surface area contributed by atoms with Gasteiger partial charge in [-0.1, -0.05) is 46.4 Å². The molecule has 0 rings (SSSR count). The summed E-state index contributed by atoms with van der Waals surface area (Å²) in [5.41, 5.74) is 0. The van der Waals surface area contributed by atoms with Gasteiger partial charge in [-0.3, -0.25) is 0 Å². The smallest absolute Gasteiger partial charge is 0.240 e. The normalized spacial score (nSPS) is 20.9. The largest absolute Gasteiger partial charge is 0.431 e. The van der Waals surface area contributed by atoms with Crippen molar-refractivity contribution in [3.63, 3.8) is 0 Å². The van der Waals surface area contributed by atoms with Crippen molar-refractivity contribution in [2.45, 2.75) is 55.0 Å². The summed E-state index contributed by atoms with van der Waals surface area (Å²) in [6.45, 7) is 0. The lowest BCUT2D eigenvalue weighted by Crippen LogP contribution is -2.67. The van der Waals surface area contributed by atoms with E-state index in [1.807, 2.05) is 0 Å². The first-order valence-electron chi connectivity index (χ1n) is 7.64. The van der Waals surface area contributed by atoms with Gasteiger partial charge < -0.3 is 0 Å². The van der Waals surface area contributed by atoms with Gasteiger partial charge in [0.15, 0.2) is 0 Å². The summed E-state index contributed by atoms with van der Waals surface area (Å²) in [7, 11) is 0. The third kappa shape index (κ3) is 5.42.